The second kappa shape index (κ2) is 10.5. The smallest absolute Gasteiger partial charge is 0.254 e. The van der Waals surface area contributed by atoms with E-state index in [9.17, 15) is 9.59 Å². The molecule has 1 heterocycles. The molecule has 1 aromatic heterocycles. The molecule has 3 rings (SSSR count). The van der Waals surface area contributed by atoms with Gasteiger partial charge in [-0.25, -0.2) is 4.68 Å². The van der Waals surface area contributed by atoms with Gasteiger partial charge in [0.1, 0.15) is 0 Å². The van der Waals surface area contributed by atoms with E-state index in [1.54, 1.807) is 48.3 Å². The number of hydrogen-bond donors (Lipinski definition) is 1. The molecule has 2 amide bonds. The molecule has 0 aliphatic heterocycles. The van der Waals surface area contributed by atoms with E-state index in [2.05, 4.69) is 10.4 Å². The van der Waals surface area contributed by atoms with Crippen LogP contribution in [-0.4, -0.2) is 53.3 Å². The summed E-state index contributed by atoms with van der Waals surface area (Å²) in [5.74, 6) is 0.624. The van der Waals surface area contributed by atoms with Crippen molar-refractivity contribution in [2.24, 2.45) is 0 Å². The van der Waals surface area contributed by atoms with E-state index >= 15 is 0 Å². The van der Waals surface area contributed by atoms with Gasteiger partial charge in [0.05, 0.1) is 25.4 Å². The lowest BCUT2D eigenvalue weighted by Gasteiger charge is -2.18. The van der Waals surface area contributed by atoms with E-state index in [0.29, 0.717) is 36.0 Å². The molecule has 0 saturated carbocycles. The zero-order valence-electron chi connectivity index (χ0n) is 18.8. The number of carbonyl (C=O) groups is 2. The van der Waals surface area contributed by atoms with Gasteiger partial charge in [0.15, 0.2) is 11.5 Å². The predicted molar refractivity (Wildman–Crippen MR) is 123 cm³/mol. The Labute approximate surface area is 187 Å². The lowest BCUT2D eigenvalue weighted by atomic mass is 10.2. The molecule has 3 aromatic rings. The number of hydrogen-bond acceptors (Lipinski definition) is 5. The number of benzene rings is 2. The van der Waals surface area contributed by atoms with Crippen LogP contribution >= 0.6 is 0 Å². The first-order chi connectivity index (χ1) is 15.4. The minimum absolute atomic E-state index is 0.0873. The number of ether oxygens (including phenoxy) is 2. The summed E-state index contributed by atoms with van der Waals surface area (Å²) in [6.07, 6.45) is 1.72. The first-order valence-electron chi connectivity index (χ1n) is 10.5. The molecule has 0 radical (unpaired) electrons. The third-order valence-corrected chi connectivity index (χ3v) is 4.75. The highest BCUT2D eigenvalue weighted by Gasteiger charge is 2.16. The molecule has 8 nitrogen and oxygen atoms in total. The van der Waals surface area contributed by atoms with Crippen LogP contribution < -0.4 is 14.8 Å². The quantitative estimate of drug-likeness (QED) is 0.553. The van der Waals surface area contributed by atoms with Crippen molar-refractivity contribution in [3.05, 3.63) is 66.0 Å². The molecule has 0 spiro atoms. The number of nitrogens with zero attached hydrogens (tertiary/aromatic N) is 3. The van der Waals surface area contributed by atoms with Gasteiger partial charge in [-0.3, -0.25) is 9.59 Å². The van der Waals surface area contributed by atoms with Crippen molar-refractivity contribution in [3.8, 4) is 17.2 Å². The van der Waals surface area contributed by atoms with Crippen molar-refractivity contribution in [2.75, 3.05) is 32.1 Å². The monoisotopic (exact) mass is 436 g/mol. The minimum Gasteiger partial charge on any atom is -0.490 e. The van der Waals surface area contributed by atoms with E-state index in [1.807, 2.05) is 39.0 Å². The van der Waals surface area contributed by atoms with Gasteiger partial charge in [0.25, 0.3) is 5.91 Å². The van der Waals surface area contributed by atoms with Crippen molar-refractivity contribution >= 4 is 17.5 Å². The number of rotatable bonds is 9. The van der Waals surface area contributed by atoms with Crippen LogP contribution in [0.2, 0.25) is 0 Å². The van der Waals surface area contributed by atoms with Crippen LogP contribution in [0.1, 0.15) is 29.9 Å². The fraction of sp³-hybridized carbons (Fsp3) is 0.292. The number of aromatic nitrogens is 2. The second-order valence-corrected chi connectivity index (χ2v) is 7.17. The Morgan fingerprint density at radius 2 is 1.69 bits per heavy atom. The Balaban J connectivity index is 1.62. The number of amides is 2. The van der Waals surface area contributed by atoms with Crippen molar-refractivity contribution in [3.63, 3.8) is 0 Å². The van der Waals surface area contributed by atoms with Crippen molar-refractivity contribution < 1.29 is 19.1 Å². The average Bonchev–Trinajstić information content (AvgIpc) is 3.21. The third kappa shape index (κ3) is 5.46. The molecule has 0 aliphatic rings. The molecule has 0 unspecified atom stereocenters. The summed E-state index contributed by atoms with van der Waals surface area (Å²) >= 11 is 0. The Morgan fingerprint density at radius 3 is 2.31 bits per heavy atom. The Kier molecular flexibility index (Phi) is 7.49. The van der Waals surface area contributed by atoms with Gasteiger partial charge in [-0.15, -0.1) is 0 Å². The largest absolute Gasteiger partial charge is 0.490 e. The van der Waals surface area contributed by atoms with Crippen LogP contribution in [0.25, 0.3) is 5.69 Å². The van der Waals surface area contributed by atoms with Crippen molar-refractivity contribution in [1.29, 1.82) is 0 Å². The van der Waals surface area contributed by atoms with Gasteiger partial charge in [-0.2, -0.15) is 5.10 Å². The Bertz CT molecular complexity index is 1080. The molecule has 168 valence electrons. The Morgan fingerprint density at radius 1 is 1.00 bits per heavy atom. The van der Waals surface area contributed by atoms with Crippen LogP contribution in [-0.2, 0) is 4.79 Å². The molecule has 0 atom stereocenters. The minimum atomic E-state index is -0.309. The summed E-state index contributed by atoms with van der Waals surface area (Å²) in [5.41, 5.74) is 2.93. The number of nitrogens with one attached hydrogen (secondary N) is 1. The fourth-order valence-electron chi connectivity index (χ4n) is 3.22. The first kappa shape index (κ1) is 22.9. The van der Waals surface area contributed by atoms with Crippen LogP contribution in [0.5, 0.6) is 11.5 Å². The number of carbonyl (C=O) groups excluding carboxylic acids is 2. The Hall–Kier alpha value is -3.81. The van der Waals surface area contributed by atoms with E-state index in [-0.39, 0.29) is 18.4 Å². The van der Waals surface area contributed by atoms with E-state index < -0.39 is 0 Å². The van der Waals surface area contributed by atoms with Gasteiger partial charge < -0.3 is 19.7 Å². The lowest BCUT2D eigenvalue weighted by Crippen LogP contribution is -2.34. The maximum atomic E-state index is 12.7. The third-order valence-electron chi connectivity index (χ3n) is 4.75. The molecule has 0 saturated heterocycles. The van der Waals surface area contributed by atoms with Gasteiger partial charge in [-0.05, 0) is 63.2 Å². The maximum absolute atomic E-state index is 12.7. The summed E-state index contributed by atoms with van der Waals surface area (Å²) in [7, 11) is 1.59. The molecule has 0 aliphatic carbocycles. The lowest BCUT2D eigenvalue weighted by molar-refractivity contribution is -0.116. The van der Waals surface area contributed by atoms with Crippen LogP contribution in [0.15, 0.2) is 54.7 Å². The van der Waals surface area contributed by atoms with Crippen molar-refractivity contribution in [1.82, 2.24) is 14.7 Å². The normalized spacial score (nSPS) is 10.5. The number of aryl methyl sites for hydroxylation is 1. The zero-order chi connectivity index (χ0) is 23.1. The van der Waals surface area contributed by atoms with Crippen LogP contribution in [0, 0.1) is 6.92 Å². The summed E-state index contributed by atoms with van der Waals surface area (Å²) in [6, 6.07) is 14.2. The number of likely N-dealkylation sites (N-methyl/N-ethyl adjacent to an activating group) is 1. The molecule has 32 heavy (non-hydrogen) atoms. The summed E-state index contributed by atoms with van der Waals surface area (Å²) in [6.45, 7) is 6.64. The van der Waals surface area contributed by atoms with E-state index in [1.165, 1.54) is 4.90 Å². The molecular formula is C24H28N4O4. The fourth-order valence-corrected chi connectivity index (χ4v) is 3.22. The standard InChI is InChI=1S/C24H28N4O4/c1-5-31-21-12-9-19(15-22(21)32-6-2)26-23(29)16-27(4)24(30)18-7-10-20(11-8-18)28-17(3)13-14-25-28/h7-15H,5-6,16H2,1-4H3,(H,26,29). The summed E-state index contributed by atoms with van der Waals surface area (Å²) in [5, 5.41) is 7.06. The van der Waals surface area contributed by atoms with Crippen molar-refractivity contribution in [2.45, 2.75) is 20.8 Å². The predicted octanol–water partition coefficient (Wildman–Crippen LogP) is 3.69. The topological polar surface area (TPSA) is 85.7 Å². The van der Waals surface area contributed by atoms with E-state index in [0.717, 1.165) is 11.4 Å². The molecule has 0 fully saturated rings. The first-order valence-corrected chi connectivity index (χ1v) is 10.5. The molecule has 8 heteroatoms. The van der Waals surface area contributed by atoms with Crippen LogP contribution in [0.4, 0.5) is 5.69 Å². The van der Waals surface area contributed by atoms with Gasteiger partial charge in [0.2, 0.25) is 5.91 Å². The highest BCUT2D eigenvalue weighted by Crippen LogP contribution is 2.30. The van der Waals surface area contributed by atoms with Crippen LogP contribution in [0.3, 0.4) is 0 Å². The van der Waals surface area contributed by atoms with Gasteiger partial charge >= 0.3 is 0 Å². The molecular weight excluding hydrogens is 408 g/mol. The number of anilines is 1. The van der Waals surface area contributed by atoms with Gasteiger partial charge in [-0.1, -0.05) is 0 Å². The van der Waals surface area contributed by atoms with Gasteiger partial charge in [0, 0.05) is 36.3 Å². The average molecular weight is 437 g/mol. The van der Waals surface area contributed by atoms with E-state index in [4.69, 9.17) is 9.47 Å². The maximum Gasteiger partial charge on any atom is 0.254 e. The highest BCUT2D eigenvalue weighted by molar-refractivity contribution is 5.99. The SMILES string of the molecule is CCOc1ccc(NC(=O)CN(C)C(=O)c2ccc(-n3nccc3C)cc2)cc1OCC. The summed E-state index contributed by atoms with van der Waals surface area (Å²) in [4.78, 5) is 26.6. The zero-order valence-corrected chi connectivity index (χ0v) is 18.8. The molecule has 2 aromatic carbocycles. The second-order valence-electron chi connectivity index (χ2n) is 7.17. The molecule has 1 N–H and O–H groups in total. The highest BCUT2D eigenvalue weighted by atomic mass is 16.5. The molecule has 0 bridgehead atoms. The summed E-state index contributed by atoms with van der Waals surface area (Å²) < 4.78 is 12.9.